The maximum Gasteiger partial charge on any atom is 0.328 e. The highest BCUT2D eigenvalue weighted by Gasteiger charge is 2.24. The number of thiophene rings is 1. The third-order valence-electron chi connectivity index (χ3n) is 3.53. The van der Waals surface area contributed by atoms with Gasteiger partial charge in [-0.25, -0.2) is 4.79 Å². The Kier molecular flexibility index (Phi) is 5.52. The number of methoxy groups -OCH3 is 1. The summed E-state index contributed by atoms with van der Waals surface area (Å²) in [6.07, 6.45) is 4.53. The minimum atomic E-state index is -0.989. The molecule has 0 bridgehead atoms. The summed E-state index contributed by atoms with van der Waals surface area (Å²) in [6.45, 7) is 2.27. The number of amides is 1. The second kappa shape index (κ2) is 7.38. The van der Waals surface area contributed by atoms with Gasteiger partial charge in [0, 0.05) is 37.8 Å². The van der Waals surface area contributed by atoms with Crippen molar-refractivity contribution in [2.24, 2.45) is 5.92 Å². The van der Waals surface area contributed by atoms with Gasteiger partial charge in [0.2, 0.25) is 0 Å². The second-order valence-corrected chi connectivity index (χ2v) is 6.18. The van der Waals surface area contributed by atoms with E-state index < -0.39 is 5.97 Å². The monoisotopic (exact) mass is 309 g/mol. The average Bonchev–Trinajstić information content (AvgIpc) is 2.94. The van der Waals surface area contributed by atoms with Crippen molar-refractivity contribution in [3.05, 3.63) is 28.0 Å². The predicted octanol–water partition coefficient (Wildman–Crippen LogP) is 2.34. The van der Waals surface area contributed by atoms with Gasteiger partial charge in [-0.3, -0.25) is 4.79 Å². The summed E-state index contributed by atoms with van der Waals surface area (Å²) in [5, 5.41) is 8.60. The summed E-state index contributed by atoms with van der Waals surface area (Å²) in [5.41, 5.74) is 0. The Bertz CT molecular complexity index is 530. The zero-order valence-electron chi connectivity index (χ0n) is 11.9. The van der Waals surface area contributed by atoms with E-state index in [4.69, 9.17) is 9.84 Å². The summed E-state index contributed by atoms with van der Waals surface area (Å²) >= 11 is 1.32. The fourth-order valence-electron chi connectivity index (χ4n) is 2.41. The number of hydrogen-bond acceptors (Lipinski definition) is 4. The van der Waals surface area contributed by atoms with Gasteiger partial charge in [-0.2, -0.15) is 0 Å². The summed E-state index contributed by atoms with van der Waals surface area (Å²) in [4.78, 5) is 26.2. The standard InChI is InChI=1S/C15H19NO4S/c1-20-10-11-6-8-16(9-7-11)15(19)13-4-2-12(21-13)3-5-14(17)18/h2-5,11H,6-10H2,1H3,(H,17,18). The van der Waals surface area contributed by atoms with Crippen molar-refractivity contribution in [1.29, 1.82) is 0 Å². The van der Waals surface area contributed by atoms with Gasteiger partial charge in [0.25, 0.3) is 5.91 Å². The normalized spacial score (nSPS) is 16.5. The molecule has 6 heteroatoms. The van der Waals surface area contributed by atoms with Gasteiger partial charge in [0.1, 0.15) is 0 Å². The Hall–Kier alpha value is -1.66. The predicted molar refractivity (Wildman–Crippen MR) is 81.5 cm³/mol. The first-order valence-electron chi connectivity index (χ1n) is 6.89. The molecule has 1 aromatic rings. The third-order valence-corrected chi connectivity index (χ3v) is 4.57. The molecule has 114 valence electrons. The molecule has 0 radical (unpaired) electrons. The Labute approximate surface area is 127 Å². The van der Waals surface area contributed by atoms with Crippen LogP contribution >= 0.6 is 11.3 Å². The number of aliphatic carboxylic acids is 1. The van der Waals surface area contributed by atoms with Crippen LogP contribution in [0, 0.1) is 5.92 Å². The molecule has 1 fully saturated rings. The Morgan fingerprint density at radius 1 is 1.43 bits per heavy atom. The number of rotatable bonds is 5. The van der Waals surface area contributed by atoms with Crippen LogP contribution in [0.2, 0.25) is 0 Å². The number of hydrogen-bond donors (Lipinski definition) is 1. The first-order valence-corrected chi connectivity index (χ1v) is 7.71. The van der Waals surface area contributed by atoms with E-state index in [-0.39, 0.29) is 5.91 Å². The molecule has 2 heterocycles. The van der Waals surface area contributed by atoms with Crippen LogP contribution in [0.5, 0.6) is 0 Å². The van der Waals surface area contributed by atoms with Gasteiger partial charge in [-0.15, -0.1) is 11.3 Å². The highest BCUT2D eigenvalue weighted by molar-refractivity contribution is 7.14. The molecule has 1 saturated heterocycles. The van der Waals surface area contributed by atoms with E-state index in [0.29, 0.717) is 10.8 Å². The Morgan fingerprint density at radius 2 is 2.14 bits per heavy atom. The number of carboxylic acids is 1. The van der Waals surface area contributed by atoms with Crippen LogP contribution in [0.4, 0.5) is 0 Å². The minimum Gasteiger partial charge on any atom is -0.478 e. The van der Waals surface area contributed by atoms with Crippen molar-refractivity contribution in [2.75, 3.05) is 26.8 Å². The van der Waals surface area contributed by atoms with E-state index in [0.717, 1.165) is 43.5 Å². The molecule has 0 saturated carbocycles. The maximum atomic E-state index is 12.4. The minimum absolute atomic E-state index is 0.0332. The molecule has 1 aromatic heterocycles. The van der Waals surface area contributed by atoms with Crippen LogP contribution in [-0.4, -0.2) is 48.7 Å². The molecule has 1 N–H and O–H groups in total. The number of carbonyl (C=O) groups is 2. The van der Waals surface area contributed by atoms with Crippen LogP contribution in [0.1, 0.15) is 27.4 Å². The Balaban J connectivity index is 1.93. The second-order valence-electron chi connectivity index (χ2n) is 5.06. The zero-order valence-corrected chi connectivity index (χ0v) is 12.8. The molecular formula is C15H19NO4S. The summed E-state index contributed by atoms with van der Waals surface area (Å²) in [7, 11) is 1.70. The van der Waals surface area contributed by atoms with Crippen molar-refractivity contribution in [2.45, 2.75) is 12.8 Å². The van der Waals surface area contributed by atoms with Crippen molar-refractivity contribution >= 4 is 29.3 Å². The van der Waals surface area contributed by atoms with E-state index in [2.05, 4.69) is 0 Å². The number of carbonyl (C=O) groups excluding carboxylic acids is 1. The van der Waals surface area contributed by atoms with Crippen molar-refractivity contribution in [1.82, 2.24) is 4.90 Å². The van der Waals surface area contributed by atoms with Gasteiger partial charge in [-0.05, 0) is 37.0 Å². The lowest BCUT2D eigenvalue weighted by molar-refractivity contribution is -0.131. The van der Waals surface area contributed by atoms with Crippen LogP contribution in [-0.2, 0) is 9.53 Å². The van der Waals surface area contributed by atoms with Gasteiger partial charge >= 0.3 is 5.97 Å². The van der Waals surface area contributed by atoms with Crippen molar-refractivity contribution < 1.29 is 19.4 Å². The summed E-state index contributed by atoms with van der Waals surface area (Å²) < 4.78 is 5.15. The van der Waals surface area contributed by atoms with Gasteiger partial charge in [0.05, 0.1) is 4.88 Å². The Morgan fingerprint density at radius 3 is 2.76 bits per heavy atom. The van der Waals surface area contributed by atoms with Crippen LogP contribution in [0.15, 0.2) is 18.2 Å². The van der Waals surface area contributed by atoms with Gasteiger partial charge in [0.15, 0.2) is 0 Å². The molecule has 5 nitrogen and oxygen atoms in total. The number of likely N-dealkylation sites (tertiary alicyclic amines) is 1. The molecule has 0 unspecified atom stereocenters. The molecule has 1 amide bonds. The summed E-state index contributed by atoms with van der Waals surface area (Å²) in [5.74, 6) is -0.418. The SMILES string of the molecule is COCC1CCN(C(=O)c2ccc(C=CC(=O)O)s2)CC1. The number of carboxylic acid groups (broad SMARTS) is 1. The van der Waals surface area contributed by atoms with Gasteiger partial charge in [-0.1, -0.05) is 0 Å². The topological polar surface area (TPSA) is 66.8 Å². The number of ether oxygens (including phenoxy) is 1. The smallest absolute Gasteiger partial charge is 0.328 e. The van der Waals surface area contributed by atoms with Crippen LogP contribution in [0.3, 0.4) is 0 Å². The highest BCUT2D eigenvalue weighted by atomic mass is 32.1. The quantitative estimate of drug-likeness (QED) is 0.848. The first-order chi connectivity index (χ1) is 10.1. The maximum absolute atomic E-state index is 12.4. The lowest BCUT2D eigenvalue weighted by Crippen LogP contribution is -2.39. The molecule has 2 rings (SSSR count). The van der Waals surface area contributed by atoms with Crippen molar-refractivity contribution in [3.8, 4) is 0 Å². The average molecular weight is 309 g/mol. The molecular weight excluding hydrogens is 290 g/mol. The zero-order chi connectivity index (χ0) is 15.2. The lowest BCUT2D eigenvalue weighted by atomic mass is 9.98. The molecule has 1 aliphatic rings. The number of piperidine rings is 1. The lowest BCUT2D eigenvalue weighted by Gasteiger charge is -2.31. The molecule has 0 aliphatic carbocycles. The molecule has 0 spiro atoms. The summed E-state index contributed by atoms with van der Waals surface area (Å²) in [6, 6.07) is 3.53. The van der Waals surface area contributed by atoms with Gasteiger partial charge < -0.3 is 14.7 Å². The number of nitrogens with zero attached hydrogens (tertiary/aromatic N) is 1. The molecule has 21 heavy (non-hydrogen) atoms. The van der Waals surface area contributed by atoms with Crippen LogP contribution < -0.4 is 0 Å². The highest BCUT2D eigenvalue weighted by Crippen LogP contribution is 2.23. The molecule has 1 aliphatic heterocycles. The van der Waals surface area contributed by atoms with E-state index in [1.54, 1.807) is 19.2 Å². The fourth-order valence-corrected chi connectivity index (χ4v) is 3.28. The fraction of sp³-hybridized carbons (Fsp3) is 0.467. The van der Waals surface area contributed by atoms with E-state index in [9.17, 15) is 9.59 Å². The van der Waals surface area contributed by atoms with Crippen LogP contribution in [0.25, 0.3) is 6.08 Å². The third kappa shape index (κ3) is 4.41. The van der Waals surface area contributed by atoms with Crippen molar-refractivity contribution in [3.63, 3.8) is 0 Å². The van der Waals surface area contributed by atoms with E-state index >= 15 is 0 Å². The molecule has 0 atom stereocenters. The largest absolute Gasteiger partial charge is 0.478 e. The molecule has 0 aromatic carbocycles. The van der Waals surface area contributed by atoms with E-state index in [1.807, 2.05) is 4.90 Å². The first kappa shape index (κ1) is 15.7. The van der Waals surface area contributed by atoms with E-state index in [1.165, 1.54) is 17.4 Å².